The summed E-state index contributed by atoms with van der Waals surface area (Å²) >= 11 is 5.84. The maximum atomic E-state index is 12.7. The Labute approximate surface area is 150 Å². The van der Waals surface area contributed by atoms with Gasteiger partial charge in [-0.1, -0.05) is 29.8 Å². The molecule has 1 aliphatic rings. The van der Waals surface area contributed by atoms with E-state index in [2.05, 4.69) is 5.32 Å². The predicted molar refractivity (Wildman–Crippen MR) is 94.1 cm³/mol. The number of ether oxygens (including phenoxy) is 1. The molecule has 2 aromatic carbocycles. The topological polar surface area (TPSA) is 75.6 Å². The first-order chi connectivity index (χ1) is 11.9. The Bertz CT molecular complexity index is 832. The second kappa shape index (κ2) is 6.76. The van der Waals surface area contributed by atoms with Crippen LogP contribution >= 0.6 is 11.6 Å². The molecule has 1 amide bonds. The Hall–Kier alpha value is -2.53. The Kier molecular flexibility index (Phi) is 4.68. The van der Waals surface area contributed by atoms with Crippen molar-refractivity contribution in [1.29, 1.82) is 0 Å². The number of carboxylic acid groups (broad SMARTS) is 1. The van der Waals surface area contributed by atoms with E-state index in [-0.39, 0.29) is 12.5 Å². The van der Waals surface area contributed by atoms with E-state index in [0.717, 1.165) is 16.7 Å². The Morgan fingerprint density at radius 1 is 1.20 bits per heavy atom. The van der Waals surface area contributed by atoms with E-state index in [0.29, 0.717) is 16.3 Å². The number of fused-ring (bicyclic) bond motifs is 1. The summed E-state index contributed by atoms with van der Waals surface area (Å²) in [6, 6.07) is 9.08. The summed E-state index contributed by atoms with van der Waals surface area (Å²) in [6.07, 6.45) is 0. The van der Waals surface area contributed by atoms with E-state index in [9.17, 15) is 14.7 Å². The molecule has 5 nitrogen and oxygen atoms in total. The summed E-state index contributed by atoms with van der Waals surface area (Å²) in [5, 5.41) is 12.6. The Balaban J connectivity index is 1.83. The van der Waals surface area contributed by atoms with Gasteiger partial charge in [0.15, 0.2) is 6.04 Å². The van der Waals surface area contributed by atoms with Crippen LogP contribution in [0.2, 0.25) is 5.02 Å². The second-order valence-electron chi connectivity index (χ2n) is 6.17. The fourth-order valence-electron chi connectivity index (χ4n) is 2.87. The molecule has 2 N–H and O–H groups in total. The first-order valence-electron chi connectivity index (χ1n) is 7.89. The third-order valence-electron chi connectivity index (χ3n) is 4.46. The number of amides is 1. The molecule has 2 unspecified atom stereocenters. The number of rotatable bonds is 4. The lowest BCUT2D eigenvalue weighted by Crippen LogP contribution is -2.37. The molecule has 0 saturated carbocycles. The van der Waals surface area contributed by atoms with Crippen molar-refractivity contribution in [1.82, 2.24) is 5.32 Å². The standard InChI is InChI=1S/C19H18ClNO4/c1-10-7-14-15(9-25-16(14)8-11(10)2)18(22)21-17(19(23)24)12-3-5-13(20)6-4-12/h3-8,15,17H,9H2,1-2H3,(H,21,22)(H,23,24). The third kappa shape index (κ3) is 3.46. The lowest BCUT2D eigenvalue weighted by Gasteiger charge is -2.18. The van der Waals surface area contributed by atoms with Crippen LogP contribution in [0.1, 0.15) is 34.2 Å². The highest BCUT2D eigenvalue weighted by Crippen LogP contribution is 2.36. The van der Waals surface area contributed by atoms with Gasteiger partial charge >= 0.3 is 5.97 Å². The van der Waals surface area contributed by atoms with E-state index in [1.807, 2.05) is 26.0 Å². The maximum Gasteiger partial charge on any atom is 0.330 e. The van der Waals surface area contributed by atoms with Gasteiger partial charge in [-0.3, -0.25) is 4.79 Å². The molecule has 0 bridgehead atoms. The zero-order valence-electron chi connectivity index (χ0n) is 13.9. The van der Waals surface area contributed by atoms with Crippen molar-refractivity contribution in [3.05, 3.63) is 63.7 Å². The van der Waals surface area contributed by atoms with Crippen LogP contribution in [0.4, 0.5) is 0 Å². The molecule has 0 radical (unpaired) electrons. The van der Waals surface area contributed by atoms with Gasteiger partial charge in [0.05, 0.1) is 0 Å². The number of hydrogen-bond acceptors (Lipinski definition) is 3. The highest BCUT2D eigenvalue weighted by molar-refractivity contribution is 6.30. The number of aliphatic carboxylic acids is 1. The van der Waals surface area contributed by atoms with Crippen LogP contribution in [-0.4, -0.2) is 23.6 Å². The summed E-state index contributed by atoms with van der Waals surface area (Å²) in [5.41, 5.74) is 3.41. The fourth-order valence-corrected chi connectivity index (χ4v) is 3.00. The van der Waals surface area contributed by atoms with Crippen molar-refractivity contribution in [3.8, 4) is 5.75 Å². The largest absolute Gasteiger partial charge is 0.492 e. The molecular weight excluding hydrogens is 342 g/mol. The summed E-state index contributed by atoms with van der Waals surface area (Å²) in [5.74, 6) is -1.34. The summed E-state index contributed by atoms with van der Waals surface area (Å²) in [7, 11) is 0. The molecule has 0 aliphatic carbocycles. The second-order valence-corrected chi connectivity index (χ2v) is 6.61. The van der Waals surface area contributed by atoms with Crippen molar-refractivity contribution in [3.63, 3.8) is 0 Å². The van der Waals surface area contributed by atoms with Crippen LogP contribution in [0.25, 0.3) is 0 Å². The molecule has 1 heterocycles. The van der Waals surface area contributed by atoms with Crippen LogP contribution in [-0.2, 0) is 9.59 Å². The van der Waals surface area contributed by atoms with Crippen molar-refractivity contribution >= 4 is 23.5 Å². The van der Waals surface area contributed by atoms with Crippen molar-refractivity contribution in [2.75, 3.05) is 6.61 Å². The SMILES string of the molecule is Cc1cc2c(cc1C)C(C(=O)NC(C(=O)O)c1ccc(Cl)cc1)CO2. The molecule has 0 fully saturated rings. The van der Waals surface area contributed by atoms with Gasteiger partial charge in [-0.15, -0.1) is 0 Å². The molecule has 2 aromatic rings. The molecule has 130 valence electrons. The van der Waals surface area contributed by atoms with Gasteiger partial charge in [-0.25, -0.2) is 4.79 Å². The summed E-state index contributed by atoms with van der Waals surface area (Å²) in [6.45, 7) is 4.15. The van der Waals surface area contributed by atoms with E-state index in [4.69, 9.17) is 16.3 Å². The number of benzene rings is 2. The number of nitrogens with one attached hydrogen (secondary N) is 1. The van der Waals surface area contributed by atoms with E-state index >= 15 is 0 Å². The molecule has 0 aromatic heterocycles. The van der Waals surface area contributed by atoms with Gasteiger partial charge in [-0.2, -0.15) is 0 Å². The highest BCUT2D eigenvalue weighted by Gasteiger charge is 2.33. The molecular formula is C19H18ClNO4. The smallest absolute Gasteiger partial charge is 0.330 e. The van der Waals surface area contributed by atoms with Crippen molar-refractivity contribution in [2.24, 2.45) is 0 Å². The van der Waals surface area contributed by atoms with Crippen LogP contribution in [0.3, 0.4) is 0 Å². The predicted octanol–water partition coefficient (Wildman–Crippen LogP) is 3.37. The molecule has 6 heteroatoms. The number of aryl methyl sites for hydroxylation is 2. The average Bonchev–Trinajstić information content (AvgIpc) is 2.96. The van der Waals surface area contributed by atoms with Gasteiger partial charge in [0.25, 0.3) is 0 Å². The molecule has 1 aliphatic heterocycles. The minimum Gasteiger partial charge on any atom is -0.492 e. The zero-order valence-corrected chi connectivity index (χ0v) is 14.6. The Morgan fingerprint density at radius 3 is 2.48 bits per heavy atom. The molecule has 0 spiro atoms. The average molecular weight is 360 g/mol. The minimum absolute atomic E-state index is 0.205. The van der Waals surface area contributed by atoms with Crippen LogP contribution in [0.5, 0.6) is 5.75 Å². The first kappa shape index (κ1) is 17.3. The lowest BCUT2D eigenvalue weighted by atomic mass is 9.95. The number of halogens is 1. The maximum absolute atomic E-state index is 12.7. The number of carbonyl (C=O) groups excluding carboxylic acids is 1. The normalized spacial score (nSPS) is 16.7. The molecule has 2 atom stereocenters. The zero-order chi connectivity index (χ0) is 18.1. The number of carboxylic acids is 1. The molecule has 0 saturated heterocycles. The van der Waals surface area contributed by atoms with E-state index in [1.165, 1.54) is 0 Å². The summed E-state index contributed by atoms with van der Waals surface area (Å²) < 4.78 is 5.61. The van der Waals surface area contributed by atoms with Crippen molar-refractivity contribution in [2.45, 2.75) is 25.8 Å². The van der Waals surface area contributed by atoms with E-state index in [1.54, 1.807) is 24.3 Å². The van der Waals surface area contributed by atoms with E-state index < -0.39 is 17.9 Å². The molecule has 3 rings (SSSR count). The van der Waals surface area contributed by atoms with Crippen molar-refractivity contribution < 1.29 is 19.4 Å². The minimum atomic E-state index is -1.14. The monoisotopic (exact) mass is 359 g/mol. The van der Waals surface area contributed by atoms with Gasteiger partial charge in [-0.05, 0) is 48.7 Å². The third-order valence-corrected chi connectivity index (χ3v) is 4.71. The number of carbonyl (C=O) groups is 2. The lowest BCUT2D eigenvalue weighted by molar-refractivity contribution is -0.142. The Morgan fingerprint density at radius 2 is 1.84 bits per heavy atom. The quantitative estimate of drug-likeness (QED) is 0.877. The van der Waals surface area contributed by atoms with Crippen LogP contribution < -0.4 is 10.1 Å². The highest BCUT2D eigenvalue weighted by atomic mass is 35.5. The fraction of sp³-hybridized carbons (Fsp3) is 0.263. The van der Waals surface area contributed by atoms with Gasteiger partial charge in [0.1, 0.15) is 18.3 Å². The van der Waals surface area contributed by atoms with Crippen LogP contribution in [0, 0.1) is 13.8 Å². The van der Waals surface area contributed by atoms with Gasteiger partial charge < -0.3 is 15.2 Å². The number of hydrogen-bond donors (Lipinski definition) is 2. The van der Waals surface area contributed by atoms with Gasteiger partial charge in [0.2, 0.25) is 5.91 Å². The van der Waals surface area contributed by atoms with Gasteiger partial charge in [0, 0.05) is 10.6 Å². The van der Waals surface area contributed by atoms with Crippen LogP contribution in [0.15, 0.2) is 36.4 Å². The molecule has 25 heavy (non-hydrogen) atoms. The first-order valence-corrected chi connectivity index (χ1v) is 8.27. The summed E-state index contributed by atoms with van der Waals surface area (Å²) in [4.78, 5) is 24.3.